The Hall–Kier alpha value is -2.97. The maximum absolute atomic E-state index is 12.6. The number of phosphoric ester groups is 3. The van der Waals surface area contributed by atoms with E-state index in [1.54, 1.807) is 0 Å². The molecule has 11 N–H and O–H groups in total. The van der Waals surface area contributed by atoms with Crippen LogP contribution in [0.4, 0.5) is 5.82 Å². The van der Waals surface area contributed by atoms with Crippen LogP contribution in [0.25, 0.3) is 11.2 Å². The van der Waals surface area contributed by atoms with Gasteiger partial charge in [-0.2, -0.15) is 4.31 Å². The number of ether oxygens (including phenoxy) is 1. The van der Waals surface area contributed by atoms with Crippen molar-refractivity contribution >= 4 is 75.8 Å². The third-order valence-electron chi connectivity index (χ3n) is 7.38. The molecule has 1 saturated heterocycles. The Morgan fingerprint density at radius 1 is 1.05 bits per heavy atom. The zero-order chi connectivity index (χ0) is 41.5. The van der Waals surface area contributed by atoms with E-state index in [2.05, 4.69) is 34.4 Å². The molecule has 0 bridgehead atoms. The number of carboxylic acids is 1. The van der Waals surface area contributed by atoms with Crippen LogP contribution in [0, 0.1) is 5.41 Å². The second-order valence-electron chi connectivity index (χ2n) is 12.3. The van der Waals surface area contributed by atoms with Gasteiger partial charge < -0.3 is 56.0 Å². The number of imidazole rings is 1. The monoisotopic (exact) mass is 867 g/mol. The zero-order valence-corrected chi connectivity index (χ0v) is 32.5. The van der Waals surface area contributed by atoms with Crippen LogP contribution in [-0.2, 0) is 55.5 Å². The molecular formula is C25H40N7O19P3S. The summed E-state index contributed by atoms with van der Waals surface area (Å²) < 4.78 is 61.9. The molecule has 26 nitrogen and oxygen atoms in total. The van der Waals surface area contributed by atoms with E-state index in [0.717, 1.165) is 35.9 Å². The Morgan fingerprint density at radius 2 is 1.71 bits per heavy atom. The molecule has 4 unspecified atom stereocenters. The molecule has 1 aliphatic rings. The minimum absolute atomic E-state index is 0.0179. The number of rotatable bonds is 22. The number of thioether (sulfide) groups is 1. The summed E-state index contributed by atoms with van der Waals surface area (Å²) in [5.74, 6) is -3.38. The first-order chi connectivity index (χ1) is 25.3. The van der Waals surface area contributed by atoms with E-state index in [9.17, 15) is 62.7 Å². The number of phosphoric acid groups is 3. The fourth-order valence-electron chi connectivity index (χ4n) is 4.67. The third-order valence-corrected chi connectivity index (χ3v) is 11.8. The van der Waals surface area contributed by atoms with Crippen molar-refractivity contribution in [1.29, 1.82) is 0 Å². The number of aliphatic hydroxyl groups excluding tert-OH is 2. The normalized spacial score (nSPS) is 22.3. The quantitative estimate of drug-likeness (QED) is 0.0354. The highest BCUT2D eigenvalue weighted by atomic mass is 32.2. The maximum Gasteiger partial charge on any atom is 0.481 e. The summed E-state index contributed by atoms with van der Waals surface area (Å²) in [7, 11) is -16.4. The average molecular weight is 868 g/mol. The fourth-order valence-corrected chi connectivity index (χ4v) is 8.33. The topological polar surface area (TPSA) is 401 Å². The van der Waals surface area contributed by atoms with Crippen LogP contribution in [0.2, 0.25) is 0 Å². The van der Waals surface area contributed by atoms with Crippen molar-refractivity contribution in [2.24, 2.45) is 5.41 Å². The Kier molecular flexibility index (Phi) is 16.0. The first-order valence-electron chi connectivity index (χ1n) is 15.6. The van der Waals surface area contributed by atoms with Crippen molar-refractivity contribution in [1.82, 2.24) is 30.2 Å². The summed E-state index contributed by atoms with van der Waals surface area (Å²) in [6.07, 6.45) is -7.14. The number of carboxylic acid groups (broad SMARTS) is 1. The number of aliphatic carboxylic acids is 1. The number of carbonyl (C=O) groups is 4. The molecule has 2 aromatic rings. The number of hydrogen-bond acceptors (Lipinski definition) is 19. The molecule has 1 fully saturated rings. The van der Waals surface area contributed by atoms with Crippen LogP contribution >= 0.6 is 35.2 Å². The Balaban J connectivity index is 1.51. The van der Waals surface area contributed by atoms with E-state index in [0.29, 0.717) is 0 Å². The summed E-state index contributed by atoms with van der Waals surface area (Å²) in [6, 6.07) is 0. The number of nitrogens with one attached hydrogen (secondary N) is 2. The van der Waals surface area contributed by atoms with E-state index < -0.39 is 102 Å². The Labute approximate surface area is 314 Å². The minimum atomic E-state index is -5.59. The van der Waals surface area contributed by atoms with E-state index in [-0.39, 0.29) is 42.2 Å². The largest absolute Gasteiger partial charge is 0.481 e. The molecule has 0 aliphatic carbocycles. The number of nitrogens with two attached hydrogens (primary N) is 1. The molecule has 2 aromatic heterocycles. The number of amides is 2. The first-order valence-corrected chi connectivity index (χ1v) is 21.1. The van der Waals surface area contributed by atoms with Gasteiger partial charge in [0.05, 0.1) is 19.5 Å². The lowest BCUT2D eigenvalue weighted by Gasteiger charge is -2.30. The molecule has 2 amide bonds. The number of aliphatic hydroxyl groups is 2. The number of ketones is 1. The third kappa shape index (κ3) is 13.6. The highest BCUT2D eigenvalue weighted by Gasteiger charge is 2.50. The van der Waals surface area contributed by atoms with Gasteiger partial charge in [-0.15, -0.1) is 11.8 Å². The fraction of sp³-hybridized carbons (Fsp3) is 0.640. The van der Waals surface area contributed by atoms with Crippen LogP contribution in [0.3, 0.4) is 0 Å². The predicted molar refractivity (Wildman–Crippen MR) is 184 cm³/mol. The molecule has 55 heavy (non-hydrogen) atoms. The van der Waals surface area contributed by atoms with Gasteiger partial charge in [0.2, 0.25) is 11.8 Å². The van der Waals surface area contributed by atoms with Crippen molar-refractivity contribution in [2.45, 2.75) is 63.1 Å². The number of aromatic nitrogens is 4. The number of Topliss-reactive ketones (excluding diaryl/α,β-unsaturated/α-hetero) is 1. The lowest BCUT2D eigenvalue weighted by molar-refractivity contribution is -0.139. The van der Waals surface area contributed by atoms with Gasteiger partial charge in [0.15, 0.2) is 28.7 Å². The van der Waals surface area contributed by atoms with E-state index >= 15 is 0 Å². The van der Waals surface area contributed by atoms with Gasteiger partial charge in [0.25, 0.3) is 0 Å². The van der Waals surface area contributed by atoms with Crippen LogP contribution in [-0.4, -0.2) is 140 Å². The van der Waals surface area contributed by atoms with Crippen molar-refractivity contribution in [2.75, 3.05) is 37.8 Å². The SMILES string of the molecule is CC(=O)C(SCCNC(=O)CCNC(=O)C(O)C(C)(C)COP(=O)(O)OP(=O)(O)OC[C@H]1O[C@@H](n2cnc3c(N)ncnc32)[C@H](O)[C@@H]1OP(=O)(O)O)C(=O)O. The van der Waals surface area contributed by atoms with Gasteiger partial charge in [-0.1, -0.05) is 13.8 Å². The van der Waals surface area contributed by atoms with Crippen LogP contribution in [0.1, 0.15) is 33.4 Å². The minimum Gasteiger partial charge on any atom is -0.480 e. The molecule has 3 heterocycles. The summed E-state index contributed by atoms with van der Waals surface area (Å²) >= 11 is 0.821. The first kappa shape index (κ1) is 46.4. The summed E-state index contributed by atoms with van der Waals surface area (Å²) in [4.78, 5) is 97.7. The summed E-state index contributed by atoms with van der Waals surface area (Å²) in [6.45, 7) is 1.24. The Bertz CT molecular complexity index is 1850. The molecule has 0 saturated carbocycles. The van der Waals surface area contributed by atoms with Gasteiger partial charge in [0.1, 0.15) is 36.3 Å². The van der Waals surface area contributed by atoms with Gasteiger partial charge >= 0.3 is 29.4 Å². The average Bonchev–Trinajstić information content (AvgIpc) is 3.62. The molecule has 1 aliphatic heterocycles. The lowest BCUT2D eigenvalue weighted by Crippen LogP contribution is -2.46. The molecule has 8 atom stereocenters. The summed E-state index contributed by atoms with van der Waals surface area (Å²) in [5.41, 5.74) is 4.18. The second kappa shape index (κ2) is 19.0. The molecule has 30 heteroatoms. The predicted octanol–water partition coefficient (Wildman–Crippen LogP) is -1.82. The lowest BCUT2D eigenvalue weighted by atomic mass is 9.87. The molecule has 3 rings (SSSR count). The van der Waals surface area contributed by atoms with Crippen molar-refractivity contribution in [3.63, 3.8) is 0 Å². The van der Waals surface area contributed by atoms with Gasteiger partial charge in [-0.3, -0.25) is 37.3 Å². The van der Waals surface area contributed by atoms with Crippen molar-refractivity contribution in [3.05, 3.63) is 12.7 Å². The van der Waals surface area contributed by atoms with Crippen LogP contribution in [0.5, 0.6) is 0 Å². The van der Waals surface area contributed by atoms with E-state index in [4.69, 9.17) is 24.6 Å². The number of hydrogen-bond donors (Lipinski definition) is 10. The second-order valence-corrected chi connectivity index (χ2v) is 17.7. The van der Waals surface area contributed by atoms with Gasteiger partial charge in [0, 0.05) is 30.7 Å². The molecule has 310 valence electrons. The molecule has 0 aromatic carbocycles. The number of carbonyl (C=O) groups excluding carboxylic acids is 3. The number of anilines is 1. The standard InChI is InChI=1S/C25H40N7O19P3S/c1-12(33)18(24(38)39)55-7-6-27-14(34)4-5-28-22(37)19(36)25(2,3)9-48-54(45,46)51-53(43,44)47-8-13-17(50-52(40,41)42)16(35)23(49-13)32-11-31-15-20(26)29-10-30-21(15)32/h10-11,13,16-19,23,35-36H,4-9H2,1-3H3,(H,27,34)(H,28,37)(H,38,39)(H,43,44)(H,45,46)(H2,26,29,30)(H2,40,41,42)/t13-,16-,17-,18?,19?,23-/m1/s1. The number of nitrogens with zero attached hydrogens (tertiary/aromatic N) is 4. The zero-order valence-electron chi connectivity index (χ0n) is 29.0. The molecular weight excluding hydrogens is 827 g/mol. The van der Waals surface area contributed by atoms with Gasteiger partial charge in [-0.25, -0.2) is 28.6 Å². The van der Waals surface area contributed by atoms with E-state index in [1.165, 1.54) is 13.8 Å². The molecule has 0 radical (unpaired) electrons. The maximum atomic E-state index is 12.6. The van der Waals surface area contributed by atoms with Gasteiger partial charge in [-0.05, 0) is 6.92 Å². The van der Waals surface area contributed by atoms with Crippen LogP contribution < -0.4 is 16.4 Å². The van der Waals surface area contributed by atoms with Crippen molar-refractivity contribution in [3.8, 4) is 0 Å². The van der Waals surface area contributed by atoms with E-state index in [1.807, 2.05) is 0 Å². The number of fused-ring (bicyclic) bond motifs is 1. The highest BCUT2D eigenvalue weighted by molar-refractivity contribution is 8.01. The Morgan fingerprint density at radius 3 is 2.33 bits per heavy atom. The summed E-state index contributed by atoms with van der Waals surface area (Å²) in [5, 5.41) is 33.8. The van der Waals surface area contributed by atoms with Crippen molar-refractivity contribution < 1.29 is 90.4 Å². The smallest absolute Gasteiger partial charge is 0.480 e. The molecule has 0 spiro atoms. The number of nitrogen functional groups attached to an aromatic ring is 1. The van der Waals surface area contributed by atoms with Crippen LogP contribution in [0.15, 0.2) is 12.7 Å². The highest BCUT2D eigenvalue weighted by Crippen LogP contribution is 2.61.